The van der Waals surface area contributed by atoms with Gasteiger partial charge in [0.15, 0.2) is 0 Å². The Labute approximate surface area is 158 Å². The van der Waals surface area contributed by atoms with E-state index in [1.54, 1.807) is 12.1 Å². The van der Waals surface area contributed by atoms with Crippen molar-refractivity contribution in [1.82, 2.24) is 9.13 Å². The predicted octanol–water partition coefficient (Wildman–Crippen LogP) is 2.31. The minimum Gasteiger partial charge on any atom is -0.468 e. The Morgan fingerprint density at radius 2 is 2.04 bits per heavy atom. The number of furan rings is 1. The lowest BCUT2D eigenvalue weighted by atomic mass is 10.1. The molecule has 0 saturated carbocycles. The molecule has 1 aliphatic carbocycles. The molecule has 0 spiro atoms. The number of ether oxygens (including phenoxy) is 1. The molecule has 1 aliphatic rings. The zero-order valence-corrected chi connectivity index (χ0v) is 15.8. The summed E-state index contributed by atoms with van der Waals surface area (Å²) in [5.74, 6) is -0.00956. The van der Waals surface area contributed by atoms with Crippen LogP contribution in [0.5, 0.6) is 0 Å². The summed E-state index contributed by atoms with van der Waals surface area (Å²) in [4.78, 5) is 39.9. The van der Waals surface area contributed by atoms with Gasteiger partial charge in [0.1, 0.15) is 17.1 Å². The average Bonchev–Trinajstić information content (AvgIpc) is 3.24. The Morgan fingerprint density at radius 1 is 1.22 bits per heavy atom. The van der Waals surface area contributed by atoms with Crippen LogP contribution in [0.2, 0.25) is 0 Å². The summed E-state index contributed by atoms with van der Waals surface area (Å²) in [7, 11) is 1.28. The fourth-order valence-electron chi connectivity index (χ4n) is 3.62. The molecule has 0 saturated heterocycles. The van der Waals surface area contributed by atoms with Gasteiger partial charge in [-0.3, -0.25) is 18.7 Å². The molecular formula is C19H20N2O5S. The minimum absolute atomic E-state index is 0.0341. The first-order valence-corrected chi connectivity index (χ1v) is 9.79. The number of rotatable bonds is 4. The molecule has 0 radical (unpaired) electrons. The smallest absolute Gasteiger partial charge is 0.333 e. The number of aryl methyl sites for hydroxylation is 2. The quantitative estimate of drug-likeness (QED) is 0.506. The molecule has 7 nitrogen and oxygen atoms in total. The number of carbonyl (C=O) groups is 1. The highest BCUT2D eigenvalue weighted by atomic mass is 32.1. The number of methoxy groups -OCH3 is 1. The van der Waals surface area contributed by atoms with Gasteiger partial charge < -0.3 is 9.15 Å². The van der Waals surface area contributed by atoms with Crippen molar-refractivity contribution in [2.75, 3.05) is 7.11 Å². The van der Waals surface area contributed by atoms with Crippen LogP contribution in [0.1, 0.15) is 35.5 Å². The molecule has 142 valence electrons. The Kier molecular flexibility index (Phi) is 4.73. The molecule has 0 amide bonds. The van der Waals surface area contributed by atoms with Gasteiger partial charge in [-0.1, -0.05) is 6.42 Å². The molecule has 3 heterocycles. The van der Waals surface area contributed by atoms with Crippen LogP contribution in [0.4, 0.5) is 0 Å². The van der Waals surface area contributed by atoms with Crippen LogP contribution in [0.25, 0.3) is 10.2 Å². The van der Waals surface area contributed by atoms with Crippen molar-refractivity contribution < 1.29 is 13.9 Å². The van der Waals surface area contributed by atoms with Gasteiger partial charge in [0.2, 0.25) is 0 Å². The first-order valence-electron chi connectivity index (χ1n) is 8.97. The molecule has 0 unspecified atom stereocenters. The van der Waals surface area contributed by atoms with E-state index in [9.17, 15) is 14.4 Å². The number of nitrogens with zero attached hydrogens (tertiary/aromatic N) is 2. The second-order valence-corrected chi connectivity index (χ2v) is 7.74. The van der Waals surface area contributed by atoms with Crippen molar-refractivity contribution in [3.8, 4) is 0 Å². The van der Waals surface area contributed by atoms with E-state index in [1.165, 1.54) is 29.3 Å². The van der Waals surface area contributed by atoms with E-state index < -0.39 is 11.7 Å². The SMILES string of the molecule is COC(=O)Cn1c(=O)n(Cc2ccco2)c(=O)c2c3c(sc21)CCCCC3. The fraction of sp³-hybridized carbons (Fsp3) is 0.421. The third-order valence-electron chi connectivity index (χ3n) is 4.98. The van der Waals surface area contributed by atoms with Crippen molar-refractivity contribution in [3.63, 3.8) is 0 Å². The van der Waals surface area contributed by atoms with E-state index in [1.807, 2.05) is 0 Å². The van der Waals surface area contributed by atoms with Crippen molar-refractivity contribution in [1.29, 1.82) is 0 Å². The molecule has 3 aromatic heterocycles. The van der Waals surface area contributed by atoms with Crippen LogP contribution < -0.4 is 11.2 Å². The van der Waals surface area contributed by atoms with E-state index in [-0.39, 0.29) is 18.6 Å². The Morgan fingerprint density at radius 3 is 2.78 bits per heavy atom. The van der Waals surface area contributed by atoms with E-state index in [2.05, 4.69) is 0 Å². The Bertz CT molecular complexity index is 1100. The van der Waals surface area contributed by atoms with E-state index >= 15 is 0 Å². The normalized spacial score (nSPS) is 14.1. The van der Waals surface area contributed by atoms with Crippen LogP contribution in [-0.2, 0) is 35.5 Å². The highest BCUT2D eigenvalue weighted by Crippen LogP contribution is 2.33. The van der Waals surface area contributed by atoms with Gasteiger partial charge in [0, 0.05) is 4.88 Å². The van der Waals surface area contributed by atoms with Gasteiger partial charge in [-0.15, -0.1) is 11.3 Å². The number of aromatic nitrogens is 2. The maximum absolute atomic E-state index is 13.2. The third-order valence-corrected chi connectivity index (χ3v) is 6.29. The fourth-order valence-corrected chi connectivity index (χ4v) is 5.00. The number of fused-ring (bicyclic) bond motifs is 3. The number of carbonyl (C=O) groups excluding carboxylic acids is 1. The maximum Gasteiger partial charge on any atom is 0.333 e. The zero-order valence-electron chi connectivity index (χ0n) is 15.0. The highest BCUT2D eigenvalue weighted by Gasteiger charge is 2.24. The van der Waals surface area contributed by atoms with Gasteiger partial charge >= 0.3 is 11.7 Å². The van der Waals surface area contributed by atoms with E-state index in [0.29, 0.717) is 16.0 Å². The van der Waals surface area contributed by atoms with Crippen molar-refractivity contribution in [2.45, 2.75) is 45.2 Å². The van der Waals surface area contributed by atoms with Crippen LogP contribution in [0.3, 0.4) is 0 Å². The molecule has 8 heteroatoms. The monoisotopic (exact) mass is 388 g/mol. The summed E-state index contributed by atoms with van der Waals surface area (Å²) in [6.07, 6.45) is 6.45. The van der Waals surface area contributed by atoms with Crippen molar-refractivity contribution >= 4 is 27.5 Å². The molecular weight excluding hydrogens is 368 g/mol. The van der Waals surface area contributed by atoms with Gasteiger partial charge in [-0.2, -0.15) is 0 Å². The van der Waals surface area contributed by atoms with E-state index in [0.717, 1.165) is 47.1 Å². The molecule has 0 atom stereocenters. The lowest BCUT2D eigenvalue weighted by Crippen LogP contribution is -2.41. The number of thiophene rings is 1. The van der Waals surface area contributed by atoms with Gasteiger partial charge in [-0.05, 0) is 43.4 Å². The summed E-state index contributed by atoms with van der Waals surface area (Å²) in [5.41, 5.74) is 0.196. The third kappa shape index (κ3) is 3.14. The molecule has 0 aromatic carbocycles. The lowest BCUT2D eigenvalue weighted by Gasteiger charge is -2.11. The number of hydrogen-bond donors (Lipinski definition) is 0. The number of esters is 1. The molecule has 3 aromatic rings. The van der Waals surface area contributed by atoms with Crippen LogP contribution in [-0.4, -0.2) is 22.2 Å². The van der Waals surface area contributed by atoms with Crippen LogP contribution in [0, 0.1) is 0 Å². The van der Waals surface area contributed by atoms with Crippen LogP contribution >= 0.6 is 11.3 Å². The first kappa shape index (κ1) is 17.8. The summed E-state index contributed by atoms with van der Waals surface area (Å²) in [6.45, 7) is -0.184. The van der Waals surface area contributed by atoms with Crippen molar-refractivity contribution in [3.05, 3.63) is 55.4 Å². The molecule has 0 N–H and O–H groups in total. The van der Waals surface area contributed by atoms with Gasteiger partial charge in [-0.25, -0.2) is 4.79 Å². The van der Waals surface area contributed by atoms with Gasteiger partial charge in [0.05, 0.1) is 25.3 Å². The Balaban J connectivity index is 1.99. The minimum atomic E-state index is -0.523. The molecule has 27 heavy (non-hydrogen) atoms. The second kappa shape index (κ2) is 7.19. The zero-order chi connectivity index (χ0) is 19.0. The average molecular weight is 388 g/mol. The summed E-state index contributed by atoms with van der Waals surface area (Å²) in [5, 5.41) is 0.562. The molecule has 0 bridgehead atoms. The van der Waals surface area contributed by atoms with Crippen molar-refractivity contribution in [2.24, 2.45) is 0 Å². The summed E-state index contributed by atoms with van der Waals surface area (Å²) in [6, 6.07) is 3.43. The topological polar surface area (TPSA) is 83.4 Å². The highest BCUT2D eigenvalue weighted by molar-refractivity contribution is 7.18. The Hall–Kier alpha value is -2.61. The summed E-state index contributed by atoms with van der Waals surface area (Å²) >= 11 is 1.46. The summed E-state index contributed by atoms with van der Waals surface area (Å²) < 4.78 is 12.6. The second-order valence-electron chi connectivity index (χ2n) is 6.66. The molecule has 4 rings (SSSR count). The first-order chi connectivity index (χ1) is 13.1. The van der Waals surface area contributed by atoms with Crippen LogP contribution in [0.15, 0.2) is 32.4 Å². The number of hydrogen-bond acceptors (Lipinski definition) is 6. The lowest BCUT2D eigenvalue weighted by molar-refractivity contribution is -0.141. The van der Waals surface area contributed by atoms with E-state index in [4.69, 9.17) is 9.15 Å². The molecule has 0 fully saturated rings. The standard InChI is InChI=1S/C19H20N2O5S/c1-25-15(22)11-21-18-16(13-7-3-2-4-8-14(13)27-18)17(23)20(19(21)24)10-12-6-5-9-26-12/h5-6,9H,2-4,7-8,10-11H2,1H3. The maximum atomic E-state index is 13.2. The predicted molar refractivity (Wildman–Crippen MR) is 101 cm³/mol. The van der Waals surface area contributed by atoms with Gasteiger partial charge in [0.25, 0.3) is 5.56 Å². The largest absolute Gasteiger partial charge is 0.468 e. The molecule has 0 aliphatic heterocycles.